The summed E-state index contributed by atoms with van der Waals surface area (Å²) in [5, 5.41) is 2.60. The molecule has 0 radical (unpaired) electrons. The number of nitrogen functional groups attached to an aromatic ring is 1. The molecule has 6 nitrogen and oxygen atoms in total. The van der Waals surface area contributed by atoms with Crippen LogP contribution in [0.5, 0.6) is 0 Å². The molecule has 0 bridgehead atoms. The number of amides is 1. The van der Waals surface area contributed by atoms with Gasteiger partial charge in [0.2, 0.25) is 15.9 Å². The van der Waals surface area contributed by atoms with Crippen molar-refractivity contribution in [1.82, 2.24) is 10.0 Å². The van der Waals surface area contributed by atoms with Crippen LogP contribution in [0.3, 0.4) is 0 Å². The Morgan fingerprint density at radius 3 is 2.70 bits per heavy atom. The van der Waals surface area contributed by atoms with Crippen molar-refractivity contribution in [2.24, 2.45) is 0 Å². The summed E-state index contributed by atoms with van der Waals surface area (Å²) in [5.74, 6) is -1.56. The van der Waals surface area contributed by atoms with E-state index in [0.717, 1.165) is 25.0 Å². The van der Waals surface area contributed by atoms with Gasteiger partial charge in [0.25, 0.3) is 0 Å². The van der Waals surface area contributed by atoms with Crippen molar-refractivity contribution in [3.63, 3.8) is 0 Å². The van der Waals surface area contributed by atoms with E-state index in [4.69, 9.17) is 17.3 Å². The van der Waals surface area contributed by atoms with E-state index >= 15 is 0 Å². The summed E-state index contributed by atoms with van der Waals surface area (Å²) >= 11 is 5.65. The van der Waals surface area contributed by atoms with Gasteiger partial charge >= 0.3 is 0 Å². The Labute approximate surface area is 120 Å². The van der Waals surface area contributed by atoms with Crippen LogP contribution in [0.25, 0.3) is 0 Å². The van der Waals surface area contributed by atoms with E-state index in [-0.39, 0.29) is 16.8 Å². The normalized spacial score (nSPS) is 15.1. The highest BCUT2D eigenvalue weighted by Crippen LogP contribution is 2.25. The summed E-state index contributed by atoms with van der Waals surface area (Å²) < 4.78 is 39.6. The Hall–Kier alpha value is -1.38. The van der Waals surface area contributed by atoms with Crippen molar-refractivity contribution >= 4 is 33.2 Å². The molecule has 1 aromatic carbocycles. The number of anilines is 1. The van der Waals surface area contributed by atoms with Gasteiger partial charge < -0.3 is 11.1 Å². The van der Waals surface area contributed by atoms with Crippen LogP contribution in [-0.4, -0.2) is 26.9 Å². The smallest absolute Gasteiger partial charge is 0.244 e. The van der Waals surface area contributed by atoms with Crippen molar-refractivity contribution in [2.45, 2.75) is 23.8 Å². The van der Waals surface area contributed by atoms with E-state index in [0.29, 0.717) is 0 Å². The summed E-state index contributed by atoms with van der Waals surface area (Å²) in [6.45, 7) is -0.468. The Bertz CT molecular complexity index is 647. The minimum atomic E-state index is -4.20. The van der Waals surface area contributed by atoms with Crippen LogP contribution in [0.15, 0.2) is 17.0 Å². The Morgan fingerprint density at radius 1 is 1.45 bits per heavy atom. The van der Waals surface area contributed by atoms with Gasteiger partial charge in [0.15, 0.2) is 5.82 Å². The Balaban J connectivity index is 2.11. The Kier molecular flexibility index (Phi) is 4.17. The fourth-order valence-corrected chi connectivity index (χ4v) is 2.93. The van der Waals surface area contributed by atoms with Crippen molar-refractivity contribution in [3.8, 4) is 0 Å². The summed E-state index contributed by atoms with van der Waals surface area (Å²) in [6.07, 6.45) is 1.77. The van der Waals surface area contributed by atoms with Gasteiger partial charge in [0.05, 0.1) is 12.2 Å². The molecule has 9 heteroatoms. The molecular weight excluding hydrogens is 309 g/mol. The summed E-state index contributed by atoms with van der Waals surface area (Å²) in [7, 11) is -4.20. The summed E-state index contributed by atoms with van der Waals surface area (Å²) in [4.78, 5) is 10.7. The molecule has 0 aliphatic heterocycles. The number of rotatable bonds is 5. The van der Waals surface area contributed by atoms with Crippen LogP contribution >= 0.6 is 11.6 Å². The molecule has 0 spiro atoms. The molecule has 0 unspecified atom stereocenters. The lowest BCUT2D eigenvalue weighted by Crippen LogP contribution is -2.38. The SMILES string of the molecule is Nc1cc(Cl)cc(S(=O)(=O)NCC(=O)NC2CC2)c1F. The maximum atomic E-state index is 13.7. The molecule has 1 amide bonds. The number of nitrogens with one attached hydrogen (secondary N) is 2. The number of carbonyl (C=O) groups excluding carboxylic acids is 1. The van der Waals surface area contributed by atoms with E-state index in [1.54, 1.807) is 0 Å². The first-order valence-corrected chi connectivity index (χ1v) is 7.69. The molecule has 20 heavy (non-hydrogen) atoms. The van der Waals surface area contributed by atoms with Crippen molar-refractivity contribution in [2.75, 3.05) is 12.3 Å². The number of hydrogen-bond acceptors (Lipinski definition) is 4. The molecule has 0 atom stereocenters. The molecule has 4 N–H and O–H groups in total. The van der Waals surface area contributed by atoms with Crippen LogP contribution in [0.1, 0.15) is 12.8 Å². The number of benzene rings is 1. The van der Waals surface area contributed by atoms with Crippen LogP contribution in [0.2, 0.25) is 5.02 Å². The third-order valence-electron chi connectivity index (χ3n) is 2.69. The predicted molar refractivity (Wildman–Crippen MR) is 72.2 cm³/mol. The molecule has 1 saturated carbocycles. The largest absolute Gasteiger partial charge is 0.396 e. The minimum Gasteiger partial charge on any atom is -0.396 e. The highest BCUT2D eigenvalue weighted by atomic mass is 35.5. The van der Waals surface area contributed by atoms with E-state index in [1.165, 1.54) is 0 Å². The molecule has 1 fully saturated rings. The number of carbonyl (C=O) groups is 1. The molecule has 2 rings (SSSR count). The second-order valence-electron chi connectivity index (χ2n) is 4.47. The van der Waals surface area contributed by atoms with Gasteiger partial charge in [-0.1, -0.05) is 11.6 Å². The second kappa shape index (κ2) is 5.55. The molecule has 0 aromatic heterocycles. The zero-order valence-corrected chi connectivity index (χ0v) is 11.9. The monoisotopic (exact) mass is 321 g/mol. The van der Waals surface area contributed by atoms with Crippen molar-refractivity contribution in [1.29, 1.82) is 0 Å². The lowest BCUT2D eigenvalue weighted by atomic mass is 10.3. The fraction of sp³-hybridized carbons (Fsp3) is 0.364. The number of nitrogens with two attached hydrogens (primary N) is 1. The van der Waals surface area contributed by atoms with E-state index in [9.17, 15) is 17.6 Å². The lowest BCUT2D eigenvalue weighted by Gasteiger charge is -2.09. The maximum absolute atomic E-state index is 13.7. The van der Waals surface area contributed by atoms with Gasteiger partial charge in [-0.25, -0.2) is 17.5 Å². The summed E-state index contributed by atoms with van der Waals surface area (Å²) in [6, 6.07) is 2.16. The van der Waals surface area contributed by atoms with E-state index in [2.05, 4.69) is 5.32 Å². The van der Waals surface area contributed by atoms with Crippen LogP contribution in [-0.2, 0) is 14.8 Å². The molecule has 1 aliphatic rings. The number of sulfonamides is 1. The highest BCUT2D eigenvalue weighted by Gasteiger charge is 2.25. The molecule has 0 heterocycles. The molecule has 0 saturated heterocycles. The minimum absolute atomic E-state index is 0.00768. The van der Waals surface area contributed by atoms with Gasteiger partial charge in [0, 0.05) is 11.1 Å². The average Bonchev–Trinajstić information content (AvgIpc) is 3.15. The fourth-order valence-electron chi connectivity index (χ4n) is 1.52. The first kappa shape index (κ1) is 15.0. The van der Waals surface area contributed by atoms with Gasteiger partial charge in [0.1, 0.15) is 4.90 Å². The van der Waals surface area contributed by atoms with Gasteiger partial charge in [-0.15, -0.1) is 0 Å². The molecule has 1 aliphatic carbocycles. The molecular formula is C11H13ClFN3O3S. The number of halogens is 2. The van der Waals surface area contributed by atoms with Gasteiger partial charge in [-0.2, -0.15) is 0 Å². The molecule has 110 valence electrons. The standard InChI is InChI=1S/C11H13ClFN3O3S/c12-6-3-8(14)11(13)9(4-6)20(18,19)15-5-10(17)16-7-1-2-7/h3-4,7,15H,1-2,5,14H2,(H,16,17). The van der Waals surface area contributed by atoms with Gasteiger partial charge in [-0.05, 0) is 25.0 Å². The third kappa shape index (κ3) is 3.59. The topological polar surface area (TPSA) is 101 Å². The average molecular weight is 322 g/mol. The van der Waals surface area contributed by atoms with Crippen molar-refractivity contribution < 1.29 is 17.6 Å². The maximum Gasteiger partial charge on any atom is 0.244 e. The van der Waals surface area contributed by atoms with Crippen molar-refractivity contribution in [3.05, 3.63) is 23.0 Å². The summed E-state index contributed by atoms with van der Waals surface area (Å²) in [5.41, 5.74) is 4.94. The van der Waals surface area contributed by atoms with Crippen LogP contribution in [0.4, 0.5) is 10.1 Å². The highest BCUT2D eigenvalue weighted by molar-refractivity contribution is 7.89. The first-order valence-electron chi connectivity index (χ1n) is 5.83. The second-order valence-corrected chi connectivity index (χ2v) is 6.65. The quantitative estimate of drug-likeness (QED) is 0.692. The lowest BCUT2D eigenvalue weighted by molar-refractivity contribution is -0.120. The predicted octanol–water partition coefficient (Wildman–Crippen LogP) is 0.618. The number of hydrogen-bond donors (Lipinski definition) is 3. The van der Waals surface area contributed by atoms with Crippen LogP contribution < -0.4 is 15.8 Å². The van der Waals surface area contributed by atoms with Crippen LogP contribution in [0, 0.1) is 5.82 Å². The third-order valence-corrected chi connectivity index (χ3v) is 4.31. The first-order chi connectivity index (χ1) is 9.29. The zero-order chi connectivity index (χ0) is 14.9. The van der Waals surface area contributed by atoms with E-state index < -0.39 is 33.2 Å². The van der Waals surface area contributed by atoms with E-state index in [1.807, 2.05) is 4.72 Å². The Morgan fingerprint density at radius 2 is 2.10 bits per heavy atom. The zero-order valence-electron chi connectivity index (χ0n) is 10.3. The molecule has 1 aromatic rings. The van der Waals surface area contributed by atoms with Gasteiger partial charge in [-0.3, -0.25) is 4.79 Å².